The smallest absolute Gasteiger partial charge is 0.251 e. The maximum atomic E-state index is 11.9. The van der Waals surface area contributed by atoms with Gasteiger partial charge in [0.05, 0.1) is 6.20 Å². The molecule has 5 heteroatoms. The minimum atomic E-state index is -0.0370. The van der Waals surface area contributed by atoms with E-state index in [1.54, 1.807) is 4.68 Å². The zero-order chi connectivity index (χ0) is 13.7. The molecular weight excluding hydrogens is 306 g/mol. The summed E-state index contributed by atoms with van der Waals surface area (Å²) in [6.45, 7) is 0.616. The van der Waals surface area contributed by atoms with E-state index in [-0.39, 0.29) is 5.91 Å². The quantitative estimate of drug-likeness (QED) is 0.859. The number of hydrogen-bond acceptors (Lipinski definition) is 2. The molecule has 2 rings (SSSR count). The fourth-order valence-electron chi connectivity index (χ4n) is 1.77. The van der Waals surface area contributed by atoms with Crippen molar-refractivity contribution in [3.8, 4) is 0 Å². The first-order chi connectivity index (χ1) is 9.19. The van der Waals surface area contributed by atoms with Crippen LogP contribution in [0.3, 0.4) is 0 Å². The lowest BCUT2D eigenvalue weighted by atomic mass is 10.1. The average molecular weight is 322 g/mol. The molecule has 19 heavy (non-hydrogen) atoms. The highest BCUT2D eigenvalue weighted by Crippen LogP contribution is 2.07. The van der Waals surface area contributed by atoms with Gasteiger partial charge in [-0.15, -0.1) is 0 Å². The summed E-state index contributed by atoms with van der Waals surface area (Å²) in [7, 11) is 1.88. The molecule has 1 N–H and O–H groups in total. The number of aryl methyl sites for hydroxylation is 1. The Kier molecular flexibility index (Phi) is 4.74. The lowest BCUT2D eigenvalue weighted by molar-refractivity contribution is 0.0954. The highest BCUT2D eigenvalue weighted by atomic mass is 79.9. The molecule has 0 aliphatic carbocycles. The van der Waals surface area contributed by atoms with Crippen LogP contribution in [-0.2, 0) is 18.8 Å². The summed E-state index contributed by atoms with van der Waals surface area (Å²) in [5.41, 5.74) is 2.97. The fraction of sp³-hybridized carbons (Fsp3) is 0.286. The Bertz CT molecular complexity index is 548. The maximum absolute atomic E-state index is 11.9. The SMILES string of the molecule is Cn1cc(CCNC(=O)c2ccc(CBr)cc2)cn1. The molecule has 4 nitrogen and oxygen atoms in total. The minimum Gasteiger partial charge on any atom is -0.352 e. The van der Waals surface area contributed by atoms with Gasteiger partial charge in [0.25, 0.3) is 5.91 Å². The molecule has 0 fully saturated rings. The van der Waals surface area contributed by atoms with Crippen LogP contribution in [0, 0.1) is 0 Å². The molecule has 1 aromatic carbocycles. The van der Waals surface area contributed by atoms with Crippen molar-refractivity contribution in [2.24, 2.45) is 7.05 Å². The van der Waals surface area contributed by atoms with Crippen molar-refractivity contribution in [3.05, 3.63) is 53.3 Å². The molecular formula is C14H16BrN3O. The third-order valence-corrected chi connectivity index (χ3v) is 3.48. The molecule has 0 unspecified atom stereocenters. The number of amides is 1. The van der Waals surface area contributed by atoms with Crippen LogP contribution in [0.2, 0.25) is 0 Å². The van der Waals surface area contributed by atoms with Crippen molar-refractivity contribution in [3.63, 3.8) is 0 Å². The van der Waals surface area contributed by atoms with E-state index in [2.05, 4.69) is 26.3 Å². The summed E-state index contributed by atoms with van der Waals surface area (Å²) in [5, 5.41) is 7.80. The van der Waals surface area contributed by atoms with Crippen LogP contribution in [0.25, 0.3) is 0 Å². The van der Waals surface area contributed by atoms with Crippen LogP contribution in [0.15, 0.2) is 36.7 Å². The lowest BCUT2D eigenvalue weighted by Crippen LogP contribution is -2.25. The van der Waals surface area contributed by atoms with E-state index < -0.39 is 0 Å². The average Bonchev–Trinajstić information content (AvgIpc) is 2.84. The Morgan fingerprint density at radius 2 is 2.05 bits per heavy atom. The second kappa shape index (κ2) is 6.52. The molecule has 1 aromatic heterocycles. The number of carbonyl (C=O) groups excluding carboxylic acids is 1. The molecule has 0 radical (unpaired) electrons. The van der Waals surface area contributed by atoms with E-state index in [0.717, 1.165) is 22.9 Å². The Morgan fingerprint density at radius 1 is 1.32 bits per heavy atom. The van der Waals surface area contributed by atoms with Crippen molar-refractivity contribution < 1.29 is 4.79 Å². The molecule has 1 amide bonds. The molecule has 100 valence electrons. The second-order valence-electron chi connectivity index (χ2n) is 4.36. The maximum Gasteiger partial charge on any atom is 0.251 e. The standard InChI is InChI=1S/C14H16BrN3O/c1-18-10-12(9-17-18)6-7-16-14(19)13-4-2-11(8-15)3-5-13/h2-5,9-10H,6-8H2,1H3,(H,16,19). The van der Waals surface area contributed by atoms with Crippen LogP contribution >= 0.6 is 15.9 Å². The van der Waals surface area contributed by atoms with Gasteiger partial charge in [0.2, 0.25) is 0 Å². The number of benzene rings is 1. The minimum absolute atomic E-state index is 0.0370. The normalized spacial score (nSPS) is 10.4. The van der Waals surface area contributed by atoms with E-state index in [0.29, 0.717) is 12.1 Å². The first-order valence-electron chi connectivity index (χ1n) is 6.09. The van der Waals surface area contributed by atoms with Crippen molar-refractivity contribution in [2.45, 2.75) is 11.8 Å². The topological polar surface area (TPSA) is 46.9 Å². The first-order valence-corrected chi connectivity index (χ1v) is 7.22. The molecule has 0 aliphatic heterocycles. The summed E-state index contributed by atoms with van der Waals surface area (Å²) in [5.74, 6) is -0.0370. The first kappa shape index (κ1) is 13.8. The molecule has 0 atom stereocenters. The van der Waals surface area contributed by atoms with Crippen molar-refractivity contribution in [1.29, 1.82) is 0 Å². The van der Waals surface area contributed by atoms with Gasteiger partial charge in [-0.3, -0.25) is 9.48 Å². The molecule has 0 saturated heterocycles. The zero-order valence-electron chi connectivity index (χ0n) is 10.8. The van der Waals surface area contributed by atoms with Gasteiger partial charge in [-0.25, -0.2) is 0 Å². The van der Waals surface area contributed by atoms with Gasteiger partial charge in [0, 0.05) is 30.7 Å². The van der Waals surface area contributed by atoms with Crippen LogP contribution < -0.4 is 5.32 Å². The zero-order valence-corrected chi connectivity index (χ0v) is 12.4. The van der Waals surface area contributed by atoms with Crippen molar-refractivity contribution >= 4 is 21.8 Å². The highest BCUT2D eigenvalue weighted by molar-refractivity contribution is 9.08. The highest BCUT2D eigenvalue weighted by Gasteiger charge is 2.05. The Labute approximate surface area is 120 Å². The van der Waals surface area contributed by atoms with Crippen LogP contribution in [0.1, 0.15) is 21.5 Å². The van der Waals surface area contributed by atoms with Crippen LogP contribution in [0.5, 0.6) is 0 Å². The van der Waals surface area contributed by atoms with Crippen molar-refractivity contribution in [2.75, 3.05) is 6.54 Å². The predicted molar refractivity (Wildman–Crippen MR) is 78.3 cm³/mol. The van der Waals surface area contributed by atoms with Gasteiger partial charge in [-0.2, -0.15) is 5.10 Å². The second-order valence-corrected chi connectivity index (χ2v) is 4.92. The van der Waals surface area contributed by atoms with Gasteiger partial charge in [-0.1, -0.05) is 28.1 Å². The number of aromatic nitrogens is 2. The number of carbonyl (C=O) groups is 1. The monoisotopic (exact) mass is 321 g/mol. The van der Waals surface area contributed by atoms with Crippen LogP contribution in [-0.4, -0.2) is 22.2 Å². The van der Waals surface area contributed by atoms with Crippen LogP contribution in [0.4, 0.5) is 0 Å². The number of nitrogens with one attached hydrogen (secondary N) is 1. The third-order valence-electron chi connectivity index (χ3n) is 2.83. The fourth-order valence-corrected chi connectivity index (χ4v) is 2.14. The van der Waals surface area contributed by atoms with E-state index in [1.807, 2.05) is 43.7 Å². The summed E-state index contributed by atoms with van der Waals surface area (Å²) >= 11 is 3.38. The molecule has 2 aromatic rings. The number of rotatable bonds is 5. The largest absolute Gasteiger partial charge is 0.352 e. The van der Waals surface area contributed by atoms with Gasteiger partial charge >= 0.3 is 0 Å². The van der Waals surface area contributed by atoms with Gasteiger partial charge in [0.15, 0.2) is 0 Å². The molecule has 0 bridgehead atoms. The van der Waals surface area contributed by atoms with Gasteiger partial charge < -0.3 is 5.32 Å². The number of hydrogen-bond donors (Lipinski definition) is 1. The number of halogens is 1. The van der Waals surface area contributed by atoms with E-state index >= 15 is 0 Å². The molecule has 0 spiro atoms. The number of alkyl halides is 1. The molecule has 0 aliphatic rings. The lowest BCUT2D eigenvalue weighted by Gasteiger charge is -2.04. The van der Waals surface area contributed by atoms with E-state index in [1.165, 1.54) is 0 Å². The summed E-state index contributed by atoms with van der Waals surface area (Å²) in [6.07, 6.45) is 4.56. The van der Waals surface area contributed by atoms with E-state index in [9.17, 15) is 4.79 Å². The van der Waals surface area contributed by atoms with Gasteiger partial charge in [0.1, 0.15) is 0 Å². The number of nitrogens with zero attached hydrogens (tertiary/aromatic N) is 2. The van der Waals surface area contributed by atoms with Gasteiger partial charge in [-0.05, 0) is 29.7 Å². The molecule has 1 heterocycles. The molecule has 0 saturated carbocycles. The predicted octanol–water partition coefficient (Wildman–Crippen LogP) is 2.29. The Balaban J connectivity index is 1.83. The summed E-state index contributed by atoms with van der Waals surface area (Å²) in [6, 6.07) is 7.58. The van der Waals surface area contributed by atoms with E-state index in [4.69, 9.17) is 0 Å². The Morgan fingerprint density at radius 3 is 2.63 bits per heavy atom. The summed E-state index contributed by atoms with van der Waals surface area (Å²) in [4.78, 5) is 11.9. The third kappa shape index (κ3) is 3.92. The van der Waals surface area contributed by atoms with Crippen molar-refractivity contribution in [1.82, 2.24) is 15.1 Å². The Hall–Kier alpha value is -1.62. The summed E-state index contributed by atoms with van der Waals surface area (Å²) < 4.78 is 1.76.